The number of benzene rings is 3. The van der Waals surface area contributed by atoms with E-state index in [0.717, 1.165) is 16.7 Å². The second-order valence-electron chi connectivity index (χ2n) is 7.10. The van der Waals surface area contributed by atoms with E-state index in [4.69, 9.17) is 4.74 Å². The van der Waals surface area contributed by atoms with Gasteiger partial charge in [-0.1, -0.05) is 78.9 Å². The Kier molecular flexibility index (Phi) is 5.13. The highest BCUT2D eigenvalue weighted by molar-refractivity contribution is 5.87. The maximum atomic E-state index is 13.2. The number of amides is 1. The Balaban J connectivity index is 1.58. The molecule has 4 heteroatoms. The Hall–Kier alpha value is -3.11. The highest BCUT2D eigenvalue weighted by Crippen LogP contribution is 2.36. The van der Waals surface area contributed by atoms with Crippen LogP contribution in [0.2, 0.25) is 0 Å². The van der Waals surface area contributed by atoms with Gasteiger partial charge in [0.25, 0.3) is 0 Å². The summed E-state index contributed by atoms with van der Waals surface area (Å²) in [5.41, 5.74) is 1.43. The van der Waals surface area contributed by atoms with E-state index in [-0.39, 0.29) is 12.5 Å². The predicted octanol–water partition coefficient (Wildman–Crippen LogP) is 3.61. The molecule has 3 aromatic rings. The fourth-order valence-corrected chi connectivity index (χ4v) is 3.75. The van der Waals surface area contributed by atoms with Crippen molar-refractivity contribution in [3.05, 3.63) is 102 Å². The van der Waals surface area contributed by atoms with Crippen molar-refractivity contribution in [3.8, 4) is 5.75 Å². The molecular weight excluding hydrogens is 350 g/mol. The molecule has 0 aliphatic carbocycles. The largest absolute Gasteiger partial charge is 0.493 e. The number of aliphatic hydroxyl groups is 1. The van der Waals surface area contributed by atoms with Gasteiger partial charge in [0.15, 0.2) is 0 Å². The van der Waals surface area contributed by atoms with Gasteiger partial charge in [0, 0.05) is 12.0 Å². The lowest BCUT2D eigenvalue weighted by molar-refractivity contribution is -0.123. The van der Waals surface area contributed by atoms with Crippen molar-refractivity contribution >= 4 is 5.91 Å². The van der Waals surface area contributed by atoms with Crippen LogP contribution in [-0.4, -0.2) is 24.2 Å². The first-order valence-corrected chi connectivity index (χ1v) is 9.50. The highest BCUT2D eigenvalue weighted by atomic mass is 16.5. The number of ether oxygens (including phenoxy) is 1. The fraction of sp³-hybridized carbons (Fsp3) is 0.208. The summed E-state index contributed by atoms with van der Waals surface area (Å²) in [6, 6.07) is 26.9. The third kappa shape index (κ3) is 3.64. The lowest BCUT2D eigenvalue weighted by Gasteiger charge is -2.34. The van der Waals surface area contributed by atoms with Gasteiger partial charge in [-0.2, -0.15) is 0 Å². The van der Waals surface area contributed by atoms with Crippen LogP contribution < -0.4 is 10.1 Å². The monoisotopic (exact) mass is 373 g/mol. The van der Waals surface area contributed by atoms with Gasteiger partial charge in [-0.15, -0.1) is 0 Å². The molecule has 0 saturated heterocycles. The van der Waals surface area contributed by atoms with Gasteiger partial charge in [0.2, 0.25) is 5.91 Å². The van der Waals surface area contributed by atoms with Crippen LogP contribution in [0.5, 0.6) is 5.75 Å². The van der Waals surface area contributed by atoms with E-state index in [1.54, 1.807) is 0 Å². The molecule has 3 aromatic carbocycles. The number of nitrogens with one attached hydrogen (secondary N) is 1. The van der Waals surface area contributed by atoms with Gasteiger partial charge in [-0.3, -0.25) is 4.79 Å². The molecule has 142 valence electrons. The SMILES string of the molecule is O=C(NCC1(O)CCOc2ccccc21)C(c1ccccc1)c1ccccc1. The lowest BCUT2D eigenvalue weighted by atomic mass is 9.87. The number of rotatable bonds is 5. The van der Waals surface area contributed by atoms with Crippen molar-refractivity contribution in [1.29, 1.82) is 0 Å². The Labute approximate surface area is 164 Å². The molecule has 0 radical (unpaired) electrons. The van der Waals surface area contributed by atoms with E-state index < -0.39 is 11.5 Å². The Bertz CT molecular complexity index is 903. The molecule has 1 unspecified atom stereocenters. The Morgan fingerprint density at radius 3 is 2.14 bits per heavy atom. The summed E-state index contributed by atoms with van der Waals surface area (Å²) < 4.78 is 5.64. The molecule has 1 atom stereocenters. The number of fused-ring (bicyclic) bond motifs is 1. The molecule has 0 aromatic heterocycles. The zero-order valence-corrected chi connectivity index (χ0v) is 15.5. The van der Waals surface area contributed by atoms with E-state index in [0.29, 0.717) is 18.8 Å². The van der Waals surface area contributed by atoms with Crippen LogP contribution in [0.15, 0.2) is 84.9 Å². The van der Waals surface area contributed by atoms with Gasteiger partial charge >= 0.3 is 0 Å². The van der Waals surface area contributed by atoms with Crippen molar-refractivity contribution in [3.63, 3.8) is 0 Å². The van der Waals surface area contributed by atoms with Crippen LogP contribution in [0.25, 0.3) is 0 Å². The first kappa shape index (κ1) is 18.3. The van der Waals surface area contributed by atoms with E-state index in [9.17, 15) is 9.90 Å². The molecule has 28 heavy (non-hydrogen) atoms. The maximum absolute atomic E-state index is 13.2. The van der Waals surface area contributed by atoms with Crippen LogP contribution in [-0.2, 0) is 10.4 Å². The number of carbonyl (C=O) groups excluding carboxylic acids is 1. The molecule has 2 N–H and O–H groups in total. The molecule has 4 rings (SSSR count). The summed E-state index contributed by atoms with van der Waals surface area (Å²) in [4.78, 5) is 13.2. The molecule has 0 fully saturated rings. The molecule has 0 saturated carbocycles. The topological polar surface area (TPSA) is 58.6 Å². The smallest absolute Gasteiger partial charge is 0.232 e. The average molecular weight is 373 g/mol. The predicted molar refractivity (Wildman–Crippen MR) is 108 cm³/mol. The summed E-state index contributed by atoms with van der Waals surface area (Å²) >= 11 is 0. The maximum Gasteiger partial charge on any atom is 0.232 e. The first-order chi connectivity index (χ1) is 13.7. The van der Waals surface area contributed by atoms with Crippen LogP contribution >= 0.6 is 0 Å². The van der Waals surface area contributed by atoms with E-state index in [1.807, 2.05) is 84.9 Å². The number of hydrogen-bond donors (Lipinski definition) is 2. The second kappa shape index (κ2) is 7.87. The standard InChI is InChI=1S/C24H23NO3/c26-23(22(18-9-3-1-4-10-18)19-11-5-2-6-12-19)25-17-24(27)15-16-28-21-14-8-7-13-20(21)24/h1-14,22,27H,15-17H2,(H,25,26). The summed E-state index contributed by atoms with van der Waals surface area (Å²) in [7, 11) is 0. The zero-order valence-electron chi connectivity index (χ0n) is 15.5. The summed E-state index contributed by atoms with van der Waals surface area (Å²) in [6.45, 7) is 0.562. The van der Waals surface area contributed by atoms with E-state index in [1.165, 1.54) is 0 Å². The highest BCUT2D eigenvalue weighted by Gasteiger charge is 2.36. The zero-order chi connectivity index (χ0) is 19.4. The van der Waals surface area contributed by atoms with Gasteiger partial charge in [0.1, 0.15) is 11.4 Å². The Morgan fingerprint density at radius 1 is 0.929 bits per heavy atom. The van der Waals surface area contributed by atoms with Crippen LogP contribution in [0.4, 0.5) is 0 Å². The van der Waals surface area contributed by atoms with Crippen molar-refractivity contribution in [1.82, 2.24) is 5.32 Å². The van der Waals surface area contributed by atoms with Crippen molar-refractivity contribution < 1.29 is 14.6 Å². The quantitative estimate of drug-likeness (QED) is 0.718. The molecule has 1 amide bonds. The van der Waals surface area contributed by atoms with Gasteiger partial charge in [-0.25, -0.2) is 0 Å². The molecule has 1 aliphatic rings. The van der Waals surface area contributed by atoms with Crippen molar-refractivity contribution in [2.24, 2.45) is 0 Å². The van der Waals surface area contributed by atoms with Crippen molar-refractivity contribution in [2.75, 3.05) is 13.2 Å². The Morgan fingerprint density at radius 2 is 1.50 bits per heavy atom. The van der Waals surface area contributed by atoms with Gasteiger partial charge in [0.05, 0.1) is 19.1 Å². The first-order valence-electron chi connectivity index (χ1n) is 9.50. The minimum Gasteiger partial charge on any atom is -0.493 e. The lowest BCUT2D eigenvalue weighted by Crippen LogP contribution is -2.45. The summed E-state index contributed by atoms with van der Waals surface area (Å²) in [6.07, 6.45) is 0.436. The molecule has 0 spiro atoms. The normalized spacial score (nSPS) is 18.2. The number of hydrogen-bond acceptors (Lipinski definition) is 3. The fourth-order valence-electron chi connectivity index (χ4n) is 3.75. The molecule has 4 nitrogen and oxygen atoms in total. The van der Waals surface area contributed by atoms with E-state index in [2.05, 4.69) is 5.32 Å². The van der Waals surface area contributed by atoms with Gasteiger partial charge < -0.3 is 15.2 Å². The minimum atomic E-state index is -1.14. The van der Waals surface area contributed by atoms with Crippen LogP contribution in [0, 0.1) is 0 Å². The molecular formula is C24H23NO3. The molecule has 0 bridgehead atoms. The third-order valence-corrected chi connectivity index (χ3v) is 5.24. The minimum absolute atomic E-state index is 0.130. The summed E-state index contributed by atoms with van der Waals surface area (Å²) in [5, 5.41) is 14.2. The molecule has 1 heterocycles. The molecule has 1 aliphatic heterocycles. The van der Waals surface area contributed by atoms with Gasteiger partial charge in [-0.05, 0) is 17.2 Å². The van der Waals surface area contributed by atoms with E-state index >= 15 is 0 Å². The summed E-state index contributed by atoms with van der Waals surface area (Å²) in [5.74, 6) is 0.115. The van der Waals surface area contributed by atoms with Crippen LogP contribution in [0.1, 0.15) is 29.0 Å². The number of para-hydroxylation sites is 1. The average Bonchev–Trinajstić information content (AvgIpc) is 2.75. The number of carbonyl (C=O) groups is 1. The van der Waals surface area contributed by atoms with Crippen LogP contribution in [0.3, 0.4) is 0 Å². The third-order valence-electron chi connectivity index (χ3n) is 5.24. The second-order valence-corrected chi connectivity index (χ2v) is 7.10. The van der Waals surface area contributed by atoms with Crippen molar-refractivity contribution in [2.45, 2.75) is 17.9 Å².